The number of methoxy groups -OCH3 is 1. The molecule has 8 heteroatoms. The van der Waals surface area contributed by atoms with Gasteiger partial charge in [0.15, 0.2) is 11.4 Å². The number of halogens is 3. The van der Waals surface area contributed by atoms with Crippen LogP contribution in [0.2, 0.25) is 0 Å². The Morgan fingerprint density at radius 1 is 1.22 bits per heavy atom. The molecule has 27 heavy (non-hydrogen) atoms. The lowest BCUT2D eigenvalue weighted by Gasteiger charge is -2.37. The number of benzene rings is 1. The highest BCUT2D eigenvalue weighted by atomic mass is 35.5. The molecule has 0 fully saturated rings. The van der Waals surface area contributed by atoms with Crippen LogP contribution in [0.5, 0.6) is 0 Å². The number of esters is 1. The summed E-state index contributed by atoms with van der Waals surface area (Å²) in [6.07, 6.45) is 0.952. The lowest BCUT2D eigenvalue weighted by Crippen LogP contribution is -2.50. The first-order valence-electron chi connectivity index (χ1n) is 8.14. The Hall–Kier alpha value is -2.80. The predicted molar refractivity (Wildman–Crippen MR) is 95.6 cm³/mol. The van der Waals surface area contributed by atoms with Crippen molar-refractivity contribution >= 4 is 23.4 Å². The van der Waals surface area contributed by atoms with Crippen molar-refractivity contribution in [2.24, 2.45) is 4.99 Å². The van der Waals surface area contributed by atoms with E-state index in [4.69, 9.17) is 16.3 Å². The molecular formula is C19H14ClF2N3O2. The average Bonchev–Trinajstić information content (AvgIpc) is 2.88. The van der Waals surface area contributed by atoms with Crippen molar-refractivity contribution in [2.75, 3.05) is 7.11 Å². The van der Waals surface area contributed by atoms with Crippen molar-refractivity contribution in [3.05, 3.63) is 76.2 Å². The lowest BCUT2D eigenvalue weighted by molar-refractivity contribution is -0.139. The van der Waals surface area contributed by atoms with Crippen molar-refractivity contribution in [3.63, 3.8) is 0 Å². The second-order valence-electron chi connectivity index (χ2n) is 6.23. The Balaban J connectivity index is 2.04. The van der Waals surface area contributed by atoms with Gasteiger partial charge in [0, 0.05) is 12.6 Å². The van der Waals surface area contributed by atoms with Crippen molar-refractivity contribution < 1.29 is 18.3 Å². The minimum atomic E-state index is -3.39. The van der Waals surface area contributed by atoms with Crippen LogP contribution in [0.3, 0.4) is 0 Å². The van der Waals surface area contributed by atoms with Crippen molar-refractivity contribution in [1.29, 1.82) is 0 Å². The van der Waals surface area contributed by atoms with Crippen molar-refractivity contribution in [2.45, 2.75) is 17.9 Å². The number of amidine groups is 1. The molecule has 0 bridgehead atoms. The molecule has 1 unspecified atom stereocenters. The number of nitrogens with zero attached hydrogens (tertiary/aromatic N) is 2. The Labute approximate surface area is 158 Å². The Morgan fingerprint density at radius 2 is 1.96 bits per heavy atom. The van der Waals surface area contributed by atoms with E-state index in [-0.39, 0.29) is 16.6 Å². The molecular weight excluding hydrogens is 376 g/mol. The topological polar surface area (TPSA) is 63.6 Å². The van der Waals surface area contributed by atoms with E-state index in [1.54, 1.807) is 36.4 Å². The third-order valence-corrected chi connectivity index (χ3v) is 5.02. The van der Waals surface area contributed by atoms with Crippen LogP contribution < -0.4 is 5.32 Å². The molecule has 1 N–H and O–H groups in total. The molecule has 0 radical (unpaired) electrons. The van der Waals surface area contributed by atoms with Gasteiger partial charge in [0.2, 0.25) is 0 Å². The maximum Gasteiger partial charge on any atom is 0.339 e. The molecule has 1 aromatic carbocycles. The van der Waals surface area contributed by atoms with Gasteiger partial charge in [-0.3, -0.25) is 4.98 Å². The summed E-state index contributed by atoms with van der Waals surface area (Å²) in [4.78, 5) is 20.9. The van der Waals surface area contributed by atoms with Crippen LogP contribution in [0.15, 0.2) is 64.4 Å². The molecule has 1 atom stereocenters. The quantitative estimate of drug-likeness (QED) is 0.633. The average molecular weight is 390 g/mol. The molecule has 5 nitrogen and oxygen atoms in total. The van der Waals surface area contributed by atoms with E-state index in [1.165, 1.54) is 12.3 Å². The molecule has 2 heterocycles. The smallest absolute Gasteiger partial charge is 0.339 e. The molecule has 2 aliphatic rings. The number of pyridine rings is 1. The zero-order valence-electron chi connectivity index (χ0n) is 14.2. The molecule has 1 spiro atoms. The zero-order valence-corrected chi connectivity index (χ0v) is 14.9. The van der Waals surface area contributed by atoms with E-state index in [2.05, 4.69) is 15.3 Å². The largest absolute Gasteiger partial charge is 0.465 e. The summed E-state index contributed by atoms with van der Waals surface area (Å²) in [6.45, 7) is 0. The molecule has 2 aromatic rings. The molecule has 138 valence electrons. The summed E-state index contributed by atoms with van der Waals surface area (Å²) < 4.78 is 35.6. The number of hydrogen-bond donors (Lipinski definition) is 1. The van der Waals surface area contributed by atoms with Crippen LogP contribution >= 0.6 is 11.6 Å². The predicted octanol–water partition coefficient (Wildman–Crippen LogP) is 3.14. The monoisotopic (exact) mass is 389 g/mol. The van der Waals surface area contributed by atoms with Crippen molar-refractivity contribution in [3.8, 4) is 0 Å². The molecule has 0 amide bonds. The maximum absolute atomic E-state index is 15.4. The van der Waals surface area contributed by atoms with Gasteiger partial charge >= 0.3 is 5.97 Å². The third kappa shape index (κ3) is 2.45. The Bertz CT molecular complexity index is 991. The summed E-state index contributed by atoms with van der Waals surface area (Å²) in [5.74, 6) is -4.29. The fourth-order valence-electron chi connectivity index (χ4n) is 3.59. The molecule has 1 aliphatic heterocycles. The number of alkyl halides is 2. The number of ether oxygens (including phenoxy) is 1. The highest BCUT2D eigenvalue weighted by molar-refractivity contribution is 6.33. The number of fused-ring (bicyclic) bond motifs is 2. The first-order chi connectivity index (χ1) is 12.9. The van der Waals surface area contributed by atoms with Gasteiger partial charge in [0.05, 0.1) is 7.11 Å². The fraction of sp³-hybridized carbons (Fsp3) is 0.211. The van der Waals surface area contributed by atoms with Gasteiger partial charge in [-0.2, -0.15) is 0 Å². The lowest BCUT2D eigenvalue weighted by atomic mass is 9.81. The van der Waals surface area contributed by atoms with E-state index in [0.717, 1.165) is 7.11 Å². The van der Waals surface area contributed by atoms with Crippen LogP contribution in [0.1, 0.15) is 16.8 Å². The Morgan fingerprint density at radius 3 is 2.67 bits per heavy atom. The first kappa shape index (κ1) is 17.6. The molecule has 1 aliphatic carbocycles. The number of nitrogens with one attached hydrogen (secondary N) is 1. The number of carbonyl (C=O) groups excluding carboxylic acids is 1. The minimum Gasteiger partial charge on any atom is -0.465 e. The Kier molecular flexibility index (Phi) is 3.99. The van der Waals surface area contributed by atoms with E-state index in [1.807, 2.05) is 0 Å². The number of carbonyl (C=O) groups is 1. The van der Waals surface area contributed by atoms with Crippen LogP contribution in [0, 0.1) is 0 Å². The number of aromatic nitrogens is 1. The molecule has 1 aromatic heterocycles. The normalized spacial score (nSPS) is 22.9. The van der Waals surface area contributed by atoms with Crippen molar-refractivity contribution in [1.82, 2.24) is 10.3 Å². The minimum absolute atomic E-state index is 0.0598. The summed E-state index contributed by atoms with van der Waals surface area (Å²) in [5, 5.41) is 2.46. The van der Waals surface area contributed by atoms with E-state index in [0.29, 0.717) is 11.3 Å². The molecule has 0 saturated heterocycles. The number of hydrogen-bond acceptors (Lipinski definition) is 5. The van der Waals surface area contributed by atoms with Crippen LogP contribution in [-0.4, -0.2) is 29.8 Å². The molecule has 4 rings (SSSR count). The van der Waals surface area contributed by atoms with Gasteiger partial charge in [0.1, 0.15) is 16.4 Å². The maximum atomic E-state index is 15.4. The summed E-state index contributed by atoms with van der Waals surface area (Å²) in [7, 11) is 1.12. The standard InChI is InChI=1S/C19H14ClF2N3O2/c1-27-17(26)14-15(20)24-16(13-8-4-5-9-23-13)25-19(14)12-7-3-2-6-11(12)10-18(19,21)22/h2-9H,10H2,1H3,(H,24,25). The third-order valence-electron chi connectivity index (χ3n) is 4.73. The van der Waals surface area contributed by atoms with E-state index >= 15 is 8.78 Å². The van der Waals surface area contributed by atoms with Gasteiger partial charge in [-0.15, -0.1) is 0 Å². The van der Waals surface area contributed by atoms with Gasteiger partial charge in [-0.1, -0.05) is 41.9 Å². The second kappa shape index (κ2) is 6.13. The van der Waals surface area contributed by atoms with E-state index in [9.17, 15) is 4.79 Å². The van der Waals surface area contributed by atoms with Crippen LogP contribution in [0.4, 0.5) is 8.78 Å². The van der Waals surface area contributed by atoms with Crippen LogP contribution in [0.25, 0.3) is 0 Å². The van der Waals surface area contributed by atoms with Gasteiger partial charge in [0.25, 0.3) is 5.92 Å². The first-order valence-corrected chi connectivity index (χ1v) is 8.51. The van der Waals surface area contributed by atoms with Gasteiger partial charge in [-0.05, 0) is 23.3 Å². The summed E-state index contributed by atoms with van der Waals surface area (Å²) in [6, 6.07) is 11.4. The SMILES string of the molecule is COC(=O)C1=C(Cl)NC(c2ccccn2)=NC12c1ccccc1CC2(F)F. The highest BCUT2D eigenvalue weighted by Crippen LogP contribution is 2.56. The highest BCUT2D eigenvalue weighted by Gasteiger charge is 2.66. The number of rotatable bonds is 2. The zero-order chi connectivity index (χ0) is 19.2. The van der Waals surface area contributed by atoms with Gasteiger partial charge < -0.3 is 10.1 Å². The summed E-state index contributed by atoms with van der Waals surface area (Å²) >= 11 is 6.29. The van der Waals surface area contributed by atoms with Crippen LogP contribution in [-0.2, 0) is 21.5 Å². The molecule has 0 saturated carbocycles. The summed E-state index contributed by atoms with van der Waals surface area (Å²) in [5.41, 5.74) is -1.74. The second-order valence-corrected chi connectivity index (χ2v) is 6.61. The number of aliphatic imine (C=N–C) groups is 1. The van der Waals surface area contributed by atoms with Gasteiger partial charge in [-0.25, -0.2) is 18.6 Å². The van der Waals surface area contributed by atoms with E-state index < -0.39 is 29.4 Å². The fourth-order valence-corrected chi connectivity index (χ4v) is 3.89.